The summed E-state index contributed by atoms with van der Waals surface area (Å²) in [6.45, 7) is 12.8. The van der Waals surface area contributed by atoms with Gasteiger partial charge in [0.25, 0.3) is 5.56 Å². The number of thioether (sulfide) groups is 1. The van der Waals surface area contributed by atoms with Gasteiger partial charge in [-0.3, -0.25) is 9.36 Å². The first-order valence-corrected chi connectivity index (χ1v) is 9.87. The first kappa shape index (κ1) is 17.5. The summed E-state index contributed by atoms with van der Waals surface area (Å²) in [5, 5.41) is 1.49. The average molecular weight is 363 g/mol. The van der Waals surface area contributed by atoms with Crippen molar-refractivity contribution in [3.05, 3.63) is 46.1 Å². The number of fused-ring (bicyclic) bond motifs is 3. The summed E-state index contributed by atoms with van der Waals surface area (Å²) in [5.41, 5.74) is 0.956. The van der Waals surface area contributed by atoms with E-state index in [1.54, 1.807) is 22.0 Å². The maximum absolute atomic E-state index is 13.1. The minimum atomic E-state index is -0.201. The Labute approximate surface area is 150 Å². The molecular formula is C18H22N2O2S2. The minimum absolute atomic E-state index is 0.0318. The summed E-state index contributed by atoms with van der Waals surface area (Å²) in [5.74, 6) is 0.719. The molecule has 0 unspecified atom stereocenters. The van der Waals surface area contributed by atoms with E-state index in [0.717, 1.165) is 44.4 Å². The highest BCUT2D eigenvalue weighted by molar-refractivity contribution is 7.99. The summed E-state index contributed by atoms with van der Waals surface area (Å²) in [7, 11) is 0. The fourth-order valence-corrected chi connectivity index (χ4v) is 4.78. The molecule has 0 saturated carbocycles. The van der Waals surface area contributed by atoms with E-state index in [9.17, 15) is 4.79 Å². The average Bonchev–Trinajstić information content (AvgIpc) is 2.93. The number of allylic oxidation sites excluding steroid dienone is 1. The Bertz CT molecular complexity index is 853. The van der Waals surface area contributed by atoms with Gasteiger partial charge in [0.05, 0.1) is 17.6 Å². The molecule has 1 aliphatic rings. The lowest BCUT2D eigenvalue weighted by atomic mass is 9.90. The number of aromatic nitrogens is 2. The van der Waals surface area contributed by atoms with E-state index in [1.807, 2.05) is 6.08 Å². The van der Waals surface area contributed by atoms with Crippen molar-refractivity contribution < 1.29 is 4.74 Å². The summed E-state index contributed by atoms with van der Waals surface area (Å²) in [6, 6.07) is 0. The molecule has 6 heteroatoms. The first-order valence-electron chi connectivity index (χ1n) is 8.06. The van der Waals surface area contributed by atoms with Crippen molar-refractivity contribution in [3.63, 3.8) is 0 Å². The van der Waals surface area contributed by atoms with Crippen LogP contribution in [0.4, 0.5) is 0 Å². The molecule has 0 bridgehead atoms. The number of hydrogen-bond donors (Lipinski definition) is 0. The molecule has 0 fully saturated rings. The third-order valence-corrected chi connectivity index (χ3v) is 6.52. The van der Waals surface area contributed by atoms with E-state index >= 15 is 0 Å². The van der Waals surface area contributed by atoms with Gasteiger partial charge in [0.1, 0.15) is 4.83 Å². The first-order chi connectivity index (χ1) is 11.5. The number of rotatable bonds is 6. The molecule has 3 rings (SSSR count). The second-order valence-corrected chi connectivity index (χ2v) is 8.22. The van der Waals surface area contributed by atoms with E-state index < -0.39 is 0 Å². The van der Waals surface area contributed by atoms with Crippen LogP contribution in [0.3, 0.4) is 0 Å². The maximum Gasteiger partial charge on any atom is 0.263 e. The quantitative estimate of drug-likeness (QED) is 0.440. The van der Waals surface area contributed by atoms with E-state index in [1.165, 1.54) is 11.8 Å². The molecule has 0 saturated heterocycles. The van der Waals surface area contributed by atoms with Crippen LogP contribution in [-0.4, -0.2) is 20.9 Å². The van der Waals surface area contributed by atoms with Gasteiger partial charge in [0.15, 0.2) is 5.16 Å². The molecule has 2 aromatic heterocycles. The van der Waals surface area contributed by atoms with Crippen molar-refractivity contribution in [2.75, 3.05) is 5.75 Å². The van der Waals surface area contributed by atoms with Crippen LogP contribution < -0.4 is 5.56 Å². The Balaban J connectivity index is 2.20. The van der Waals surface area contributed by atoms with Crippen molar-refractivity contribution in [1.82, 2.24) is 9.55 Å². The van der Waals surface area contributed by atoms with E-state index in [-0.39, 0.29) is 11.2 Å². The van der Waals surface area contributed by atoms with Crippen LogP contribution in [0, 0.1) is 0 Å². The van der Waals surface area contributed by atoms with Crippen molar-refractivity contribution in [2.24, 2.45) is 0 Å². The van der Waals surface area contributed by atoms with Gasteiger partial charge >= 0.3 is 0 Å². The zero-order valence-electron chi connectivity index (χ0n) is 14.1. The molecule has 0 aromatic carbocycles. The van der Waals surface area contributed by atoms with Crippen molar-refractivity contribution in [1.29, 1.82) is 0 Å². The van der Waals surface area contributed by atoms with Crippen LogP contribution in [0.2, 0.25) is 0 Å². The molecule has 4 nitrogen and oxygen atoms in total. The van der Waals surface area contributed by atoms with Crippen LogP contribution in [-0.2, 0) is 24.3 Å². The van der Waals surface area contributed by atoms with Gasteiger partial charge in [-0.1, -0.05) is 30.8 Å². The molecular weight excluding hydrogens is 340 g/mol. The third-order valence-electron chi connectivity index (χ3n) is 4.45. The highest BCUT2D eigenvalue weighted by atomic mass is 32.2. The Morgan fingerprint density at radius 2 is 2.25 bits per heavy atom. The van der Waals surface area contributed by atoms with Crippen LogP contribution in [0.1, 0.15) is 30.7 Å². The monoisotopic (exact) mass is 362 g/mol. The molecule has 0 aliphatic carbocycles. The van der Waals surface area contributed by atoms with Gasteiger partial charge in [0, 0.05) is 23.6 Å². The van der Waals surface area contributed by atoms with E-state index in [4.69, 9.17) is 9.72 Å². The van der Waals surface area contributed by atoms with Crippen LogP contribution in [0.15, 0.2) is 35.3 Å². The Morgan fingerprint density at radius 1 is 1.46 bits per heavy atom. The summed E-state index contributed by atoms with van der Waals surface area (Å²) >= 11 is 3.11. The number of hydrogen-bond acceptors (Lipinski definition) is 5. The zero-order valence-corrected chi connectivity index (χ0v) is 15.8. The Kier molecular flexibility index (Phi) is 4.99. The summed E-state index contributed by atoms with van der Waals surface area (Å²) in [6.07, 6.45) is 5.25. The standard InChI is InChI=1S/C18H22N2O2S2/c1-5-8-20-16(21)14-12-10-18(4,7-3)22-11-13(12)24-15(14)19-17(20)23-9-6-2/h5-6H,1-2,7-11H2,3-4H3/t18-/m1/s1. The van der Waals surface area contributed by atoms with Crippen LogP contribution in [0.5, 0.6) is 0 Å². The zero-order chi connectivity index (χ0) is 17.3. The van der Waals surface area contributed by atoms with Gasteiger partial charge < -0.3 is 4.74 Å². The highest BCUT2D eigenvalue weighted by Crippen LogP contribution is 2.38. The molecule has 3 heterocycles. The number of nitrogens with zero attached hydrogens (tertiary/aromatic N) is 2. The second-order valence-electron chi connectivity index (χ2n) is 6.15. The molecule has 0 amide bonds. The molecule has 1 aliphatic heterocycles. The molecule has 1 atom stereocenters. The molecule has 0 radical (unpaired) electrons. The van der Waals surface area contributed by atoms with Gasteiger partial charge in [-0.2, -0.15) is 0 Å². The summed E-state index contributed by atoms with van der Waals surface area (Å²) in [4.78, 5) is 19.9. The lowest BCUT2D eigenvalue weighted by Crippen LogP contribution is -2.34. The molecule has 128 valence electrons. The Morgan fingerprint density at radius 3 is 2.92 bits per heavy atom. The van der Waals surface area contributed by atoms with Gasteiger partial charge in [0.2, 0.25) is 0 Å². The minimum Gasteiger partial charge on any atom is -0.369 e. The van der Waals surface area contributed by atoms with Crippen molar-refractivity contribution >= 4 is 33.3 Å². The highest BCUT2D eigenvalue weighted by Gasteiger charge is 2.33. The predicted octanol–water partition coefficient (Wildman–Crippen LogP) is 4.16. The molecule has 2 aromatic rings. The largest absolute Gasteiger partial charge is 0.369 e. The molecule has 0 N–H and O–H groups in total. The lowest BCUT2D eigenvalue weighted by Gasteiger charge is -2.32. The normalized spacial score (nSPS) is 20.1. The fraction of sp³-hybridized carbons (Fsp3) is 0.444. The van der Waals surface area contributed by atoms with Crippen molar-refractivity contribution in [3.8, 4) is 0 Å². The smallest absolute Gasteiger partial charge is 0.263 e. The SMILES string of the molecule is C=CCSc1nc2sc3c(c2c(=O)n1CC=C)C[C@@](C)(CC)OC3. The van der Waals surface area contributed by atoms with Gasteiger partial charge in [-0.25, -0.2) is 4.98 Å². The van der Waals surface area contributed by atoms with Crippen molar-refractivity contribution in [2.45, 2.75) is 50.6 Å². The van der Waals surface area contributed by atoms with Gasteiger partial charge in [-0.05, 0) is 18.9 Å². The van der Waals surface area contributed by atoms with Crippen LogP contribution in [0.25, 0.3) is 10.2 Å². The second kappa shape index (κ2) is 6.86. The van der Waals surface area contributed by atoms with Crippen LogP contribution >= 0.6 is 23.1 Å². The fourth-order valence-electron chi connectivity index (χ4n) is 2.90. The summed E-state index contributed by atoms with van der Waals surface area (Å²) < 4.78 is 7.74. The van der Waals surface area contributed by atoms with Gasteiger partial charge in [-0.15, -0.1) is 24.5 Å². The number of thiophene rings is 1. The molecule has 24 heavy (non-hydrogen) atoms. The topological polar surface area (TPSA) is 44.1 Å². The predicted molar refractivity (Wildman–Crippen MR) is 102 cm³/mol. The maximum atomic E-state index is 13.1. The number of ether oxygens (including phenoxy) is 1. The molecule has 0 spiro atoms. The van der Waals surface area contributed by atoms with E-state index in [0.29, 0.717) is 13.2 Å². The van der Waals surface area contributed by atoms with E-state index in [2.05, 4.69) is 27.0 Å². The third kappa shape index (κ3) is 2.98. The lowest BCUT2D eigenvalue weighted by molar-refractivity contribution is -0.0543. The Hall–Kier alpha value is -1.37.